The summed E-state index contributed by atoms with van der Waals surface area (Å²) < 4.78 is 0. The van der Waals surface area contributed by atoms with Crippen LogP contribution < -0.4 is 10.6 Å². The molecule has 1 aliphatic carbocycles. The molecule has 146 valence electrons. The Morgan fingerprint density at radius 3 is 2.67 bits per heavy atom. The molecule has 1 atom stereocenters. The largest absolute Gasteiger partial charge is 0.367 e. The molecule has 0 saturated heterocycles. The van der Waals surface area contributed by atoms with E-state index in [1.165, 1.54) is 44.9 Å². The van der Waals surface area contributed by atoms with Gasteiger partial charge < -0.3 is 10.6 Å². The van der Waals surface area contributed by atoms with E-state index in [0.29, 0.717) is 12.1 Å². The number of hydrogen-bond donors (Lipinski definition) is 2. The number of unbranched alkanes of at least 4 members (excludes halogenated alkanes) is 1. The van der Waals surface area contributed by atoms with Crippen LogP contribution in [0.4, 0.5) is 11.8 Å². The first kappa shape index (κ1) is 19.6. The lowest BCUT2D eigenvalue weighted by Gasteiger charge is -2.25. The zero-order chi connectivity index (χ0) is 18.9. The molecule has 0 bridgehead atoms. The molecule has 1 unspecified atom stereocenters. The maximum Gasteiger partial charge on any atom is 0.224 e. The predicted octanol–water partition coefficient (Wildman–Crippen LogP) is 5.66. The molecule has 3 rings (SSSR count). The van der Waals surface area contributed by atoms with Gasteiger partial charge in [0.15, 0.2) is 0 Å². The van der Waals surface area contributed by atoms with E-state index in [2.05, 4.69) is 34.4 Å². The van der Waals surface area contributed by atoms with E-state index in [9.17, 15) is 0 Å². The van der Waals surface area contributed by atoms with Gasteiger partial charge in [0.25, 0.3) is 0 Å². The standard InChI is InChI=1S/C22H33N5/c1-3-5-11-17(4-2)26-22-24-16-19(20-14-9-10-15-23-20)21(27-22)25-18-12-7-6-8-13-18/h9-10,14-18H,3-8,11-13H2,1-2H3,(H2,24,25,26,27). The average Bonchev–Trinajstić information content (AvgIpc) is 2.72. The Morgan fingerprint density at radius 1 is 1.11 bits per heavy atom. The molecule has 5 nitrogen and oxygen atoms in total. The van der Waals surface area contributed by atoms with E-state index < -0.39 is 0 Å². The molecule has 2 heterocycles. The number of nitrogens with zero attached hydrogens (tertiary/aromatic N) is 3. The van der Waals surface area contributed by atoms with Gasteiger partial charge in [-0.2, -0.15) is 4.98 Å². The van der Waals surface area contributed by atoms with E-state index >= 15 is 0 Å². The van der Waals surface area contributed by atoms with E-state index in [1.54, 1.807) is 0 Å². The minimum Gasteiger partial charge on any atom is -0.367 e. The van der Waals surface area contributed by atoms with Crippen molar-refractivity contribution in [2.45, 2.75) is 83.7 Å². The lowest BCUT2D eigenvalue weighted by molar-refractivity contribution is 0.462. The molecule has 1 saturated carbocycles. The third kappa shape index (κ3) is 5.65. The summed E-state index contributed by atoms with van der Waals surface area (Å²) >= 11 is 0. The molecule has 0 aliphatic heterocycles. The summed E-state index contributed by atoms with van der Waals surface area (Å²) in [4.78, 5) is 14.0. The molecule has 0 amide bonds. The van der Waals surface area contributed by atoms with Crippen molar-refractivity contribution in [1.29, 1.82) is 0 Å². The second-order valence-electron chi connectivity index (χ2n) is 7.54. The highest BCUT2D eigenvalue weighted by molar-refractivity contribution is 5.72. The summed E-state index contributed by atoms with van der Waals surface area (Å²) in [6, 6.07) is 6.89. The summed E-state index contributed by atoms with van der Waals surface area (Å²) in [5.74, 6) is 1.62. The van der Waals surface area contributed by atoms with Gasteiger partial charge >= 0.3 is 0 Å². The molecule has 2 aromatic heterocycles. The predicted molar refractivity (Wildman–Crippen MR) is 113 cm³/mol. The Hall–Kier alpha value is -2.17. The van der Waals surface area contributed by atoms with Crippen molar-refractivity contribution in [2.75, 3.05) is 10.6 Å². The molecule has 0 radical (unpaired) electrons. The Balaban J connectivity index is 1.83. The minimum absolute atomic E-state index is 0.424. The van der Waals surface area contributed by atoms with Gasteiger partial charge in [0.1, 0.15) is 5.82 Å². The van der Waals surface area contributed by atoms with Gasteiger partial charge in [0.2, 0.25) is 5.95 Å². The zero-order valence-corrected chi connectivity index (χ0v) is 16.7. The minimum atomic E-state index is 0.424. The lowest BCUT2D eigenvalue weighted by atomic mass is 9.95. The quantitative estimate of drug-likeness (QED) is 0.598. The molecular formula is C22H33N5. The number of nitrogens with one attached hydrogen (secondary N) is 2. The normalized spacial score (nSPS) is 16.1. The van der Waals surface area contributed by atoms with Crippen LogP contribution in [0.2, 0.25) is 0 Å². The van der Waals surface area contributed by atoms with Crippen LogP contribution in [-0.4, -0.2) is 27.0 Å². The fourth-order valence-electron chi connectivity index (χ4n) is 3.72. The Labute approximate surface area is 163 Å². The average molecular weight is 368 g/mol. The third-order valence-corrected chi connectivity index (χ3v) is 5.41. The van der Waals surface area contributed by atoms with Crippen molar-refractivity contribution in [3.05, 3.63) is 30.6 Å². The first-order valence-electron chi connectivity index (χ1n) is 10.6. The molecule has 0 aromatic carbocycles. The van der Waals surface area contributed by atoms with Crippen LogP contribution in [0.1, 0.15) is 71.6 Å². The van der Waals surface area contributed by atoms with Crippen molar-refractivity contribution in [3.8, 4) is 11.3 Å². The second-order valence-corrected chi connectivity index (χ2v) is 7.54. The molecule has 2 aromatic rings. The molecular weight excluding hydrogens is 334 g/mol. The fraction of sp³-hybridized carbons (Fsp3) is 0.591. The molecule has 1 fully saturated rings. The van der Waals surface area contributed by atoms with Crippen molar-refractivity contribution in [1.82, 2.24) is 15.0 Å². The number of pyridine rings is 1. The van der Waals surface area contributed by atoms with E-state index in [0.717, 1.165) is 35.9 Å². The molecule has 27 heavy (non-hydrogen) atoms. The van der Waals surface area contributed by atoms with Crippen LogP contribution in [0.3, 0.4) is 0 Å². The maximum absolute atomic E-state index is 4.87. The van der Waals surface area contributed by atoms with Gasteiger partial charge in [0.05, 0.1) is 11.3 Å². The number of hydrogen-bond acceptors (Lipinski definition) is 5. The smallest absolute Gasteiger partial charge is 0.224 e. The molecule has 0 spiro atoms. The lowest BCUT2D eigenvalue weighted by Crippen LogP contribution is -2.24. The summed E-state index contributed by atoms with van der Waals surface area (Å²) in [5, 5.41) is 7.23. The van der Waals surface area contributed by atoms with Crippen LogP contribution >= 0.6 is 0 Å². The zero-order valence-electron chi connectivity index (χ0n) is 16.7. The first-order valence-corrected chi connectivity index (χ1v) is 10.6. The highest BCUT2D eigenvalue weighted by atomic mass is 15.2. The van der Waals surface area contributed by atoms with Gasteiger partial charge in [-0.3, -0.25) is 4.98 Å². The fourth-order valence-corrected chi connectivity index (χ4v) is 3.72. The monoisotopic (exact) mass is 367 g/mol. The van der Waals surface area contributed by atoms with Gasteiger partial charge in [0, 0.05) is 24.5 Å². The van der Waals surface area contributed by atoms with Gasteiger partial charge in [-0.1, -0.05) is 52.0 Å². The van der Waals surface area contributed by atoms with E-state index in [-0.39, 0.29) is 0 Å². The molecule has 1 aliphatic rings. The summed E-state index contributed by atoms with van der Waals surface area (Å²) in [6.45, 7) is 4.45. The Bertz CT molecular complexity index is 682. The topological polar surface area (TPSA) is 62.7 Å². The number of aromatic nitrogens is 3. The second kappa shape index (κ2) is 10.2. The van der Waals surface area contributed by atoms with Crippen LogP contribution in [0.15, 0.2) is 30.6 Å². The molecule has 2 N–H and O–H groups in total. The summed E-state index contributed by atoms with van der Waals surface area (Å²) in [5.41, 5.74) is 1.90. The van der Waals surface area contributed by atoms with Crippen LogP contribution in [0.25, 0.3) is 11.3 Å². The van der Waals surface area contributed by atoms with Crippen LogP contribution in [-0.2, 0) is 0 Å². The Morgan fingerprint density at radius 2 is 1.96 bits per heavy atom. The van der Waals surface area contributed by atoms with Gasteiger partial charge in [-0.05, 0) is 37.8 Å². The Kier molecular flexibility index (Phi) is 7.43. The van der Waals surface area contributed by atoms with Crippen molar-refractivity contribution in [3.63, 3.8) is 0 Å². The van der Waals surface area contributed by atoms with Crippen LogP contribution in [0.5, 0.6) is 0 Å². The molecule has 5 heteroatoms. The van der Waals surface area contributed by atoms with Crippen molar-refractivity contribution >= 4 is 11.8 Å². The highest BCUT2D eigenvalue weighted by Crippen LogP contribution is 2.28. The SMILES string of the molecule is CCCCC(CC)Nc1ncc(-c2ccccn2)c(NC2CCCCC2)n1. The van der Waals surface area contributed by atoms with Crippen molar-refractivity contribution in [2.24, 2.45) is 0 Å². The van der Waals surface area contributed by atoms with Crippen LogP contribution in [0, 0.1) is 0 Å². The van der Waals surface area contributed by atoms with Crippen molar-refractivity contribution < 1.29 is 0 Å². The van der Waals surface area contributed by atoms with E-state index in [1.807, 2.05) is 30.6 Å². The summed E-state index contributed by atoms with van der Waals surface area (Å²) in [6.07, 6.45) is 14.8. The third-order valence-electron chi connectivity index (χ3n) is 5.41. The first-order chi connectivity index (χ1) is 13.3. The number of anilines is 2. The van der Waals surface area contributed by atoms with E-state index in [4.69, 9.17) is 4.98 Å². The van der Waals surface area contributed by atoms with Gasteiger partial charge in [-0.15, -0.1) is 0 Å². The summed E-state index contributed by atoms with van der Waals surface area (Å²) in [7, 11) is 0. The highest BCUT2D eigenvalue weighted by Gasteiger charge is 2.18. The van der Waals surface area contributed by atoms with Gasteiger partial charge in [-0.25, -0.2) is 4.98 Å². The maximum atomic E-state index is 4.87. The number of rotatable bonds is 9.